The third-order valence-corrected chi connectivity index (χ3v) is 12.6. The lowest BCUT2D eigenvalue weighted by Gasteiger charge is -2.46. The highest BCUT2D eigenvalue weighted by Gasteiger charge is 2.54. The lowest BCUT2D eigenvalue weighted by molar-refractivity contribution is -0.315. The van der Waals surface area contributed by atoms with E-state index in [1.54, 1.807) is 0 Å². The van der Waals surface area contributed by atoms with E-state index < -0.39 is 69.2 Å². The Morgan fingerprint density at radius 3 is 1.16 bits per heavy atom. The summed E-state index contributed by atoms with van der Waals surface area (Å²) in [6, 6.07) is 56.3. The van der Waals surface area contributed by atoms with Gasteiger partial charge in [0.2, 0.25) is 0 Å². The van der Waals surface area contributed by atoms with E-state index in [4.69, 9.17) is 46.9 Å². The molecule has 14 nitrogen and oxygen atoms in total. The summed E-state index contributed by atoms with van der Waals surface area (Å²) in [5, 5.41) is 23.6. The molecule has 2 fully saturated rings. The molecule has 2 aliphatic heterocycles. The van der Waals surface area contributed by atoms with Gasteiger partial charge in [-0.25, -0.2) is 4.57 Å². The molecule has 0 radical (unpaired) electrons. The fraction of sp³-hybridized carbons (Fsp3) is 0.333. The zero-order valence-electron chi connectivity index (χ0n) is 38.0. The highest BCUT2D eigenvalue weighted by molar-refractivity contribution is 7.47. The zero-order valence-corrected chi connectivity index (χ0v) is 38.9. The van der Waals surface area contributed by atoms with E-state index in [0.29, 0.717) is 0 Å². The third kappa shape index (κ3) is 15.0. The van der Waals surface area contributed by atoms with Gasteiger partial charge in [-0.1, -0.05) is 182 Å². The maximum Gasteiger partial charge on any atom is 0.475 e. The van der Waals surface area contributed by atoms with Gasteiger partial charge in [0.05, 0.1) is 52.9 Å². The van der Waals surface area contributed by atoms with Crippen LogP contribution in [0.5, 0.6) is 0 Å². The number of hydrogen-bond donors (Lipinski definition) is 3. The van der Waals surface area contributed by atoms with Gasteiger partial charge in [-0.2, -0.15) is 0 Å². The molecule has 364 valence electrons. The van der Waals surface area contributed by atoms with Crippen molar-refractivity contribution in [1.82, 2.24) is 0 Å². The molecule has 0 aliphatic carbocycles. The summed E-state index contributed by atoms with van der Waals surface area (Å²) in [4.78, 5) is 12.1. The number of hydrogen-bond acceptors (Lipinski definition) is 13. The molecule has 0 amide bonds. The van der Waals surface area contributed by atoms with Crippen LogP contribution in [0.2, 0.25) is 0 Å². The Morgan fingerprint density at radius 1 is 0.391 bits per heavy atom. The number of benzene rings is 6. The number of phosphoric acid groups is 1. The molecule has 2 heterocycles. The van der Waals surface area contributed by atoms with E-state index in [0.717, 1.165) is 33.4 Å². The monoisotopic (exact) mass is 962 g/mol. The number of ether oxygens (including phenoxy) is 8. The lowest BCUT2D eigenvalue weighted by Crippen LogP contribution is -2.62. The molecule has 2 saturated heterocycles. The molecule has 0 spiro atoms. The molecule has 69 heavy (non-hydrogen) atoms. The normalized spacial score (nSPS) is 25.7. The van der Waals surface area contributed by atoms with E-state index in [1.165, 1.54) is 0 Å². The van der Waals surface area contributed by atoms with Gasteiger partial charge >= 0.3 is 7.82 Å². The molecular weight excluding hydrogens is 904 g/mol. The first-order valence-electron chi connectivity index (χ1n) is 23.0. The Kier molecular flexibility index (Phi) is 18.8. The lowest BCUT2D eigenvalue weighted by atomic mass is 9.98. The van der Waals surface area contributed by atoms with Gasteiger partial charge in [0.15, 0.2) is 12.6 Å². The van der Waals surface area contributed by atoms with Crippen LogP contribution in [0.1, 0.15) is 33.4 Å². The van der Waals surface area contributed by atoms with Crippen LogP contribution in [0.25, 0.3) is 0 Å². The second kappa shape index (κ2) is 25.8. The van der Waals surface area contributed by atoms with Crippen molar-refractivity contribution < 1.29 is 66.6 Å². The van der Waals surface area contributed by atoms with E-state index in [9.17, 15) is 19.7 Å². The van der Waals surface area contributed by atoms with E-state index in [1.807, 2.05) is 182 Å². The molecule has 2 unspecified atom stereocenters. The summed E-state index contributed by atoms with van der Waals surface area (Å²) < 4.78 is 77.6. The second-order valence-electron chi connectivity index (χ2n) is 16.8. The van der Waals surface area contributed by atoms with Gasteiger partial charge < -0.3 is 53.0 Å². The average Bonchev–Trinajstić information content (AvgIpc) is 3.38. The Hall–Kier alpha value is -4.97. The summed E-state index contributed by atoms with van der Waals surface area (Å²) >= 11 is 0. The summed E-state index contributed by atoms with van der Waals surface area (Å²) in [6.07, 6.45) is -13.3. The van der Waals surface area contributed by atoms with Crippen molar-refractivity contribution in [3.8, 4) is 0 Å². The number of phosphoric ester groups is 1. The SMILES string of the molecule is O=P(O)(O[C@H]1O[C@H](COCc2ccccc2)[C@@H](O)[C@H](OCc2ccccc2)[C@H]1OCc1ccccc1)O[C@H]1[C@H](OCc2ccccc2)[C@@H](OCc2ccccc2)C(O)O[C@@H]1COCc1ccccc1. The molecule has 15 heteroatoms. The molecule has 0 bridgehead atoms. The molecule has 8 rings (SSSR count). The quantitative estimate of drug-likeness (QED) is 0.0498. The first kappa shape index (κ1) is 50.4. The molecule has 0 saturated carbocycles. The van der Waals surface area contributed by atoms with E-state index >= 15 is 0 Å². The summed E-state index contributed by atoms with van der Waals surface area (Å²) in [7, 11) is -5.31. The maximum absolute atomic E-state index is 14.9. The smallest absolute Gasteiger partial charge is 0.387 e. The van der Waals surface area contributed by atoms with Gasteiger partial charge in [0.1, 0.15) is 48.8 Å². The van der Waals surface area contributed by atoms with Gasteiger partial charge in [0, 0.05) is 0 Å². The fourth-order valence-corrected chi connectivity index (χ4v) is 9.16. The number of aliphatic hydroxyl groups excluding tert-OH is 2. The van der Waals surface area contributed by atoms with Crippen LogP contribution in [0.3, 0.4) is 0 Å². The van der Waals surface area contributed by atoms with Crippen LogP contribution in [0.4, 0.5) is 0 Å². The highest BCUT2D eigenvalue weighted by atomic mass is 31.2. The van der Waals surface area contributed by atoms with Crippen LogP contribution >= 0.6 is 7.82 Å². The van der Waals surface area contributed by atoms with Gasteiger partial charge in [0.25, 0.3) is 0 Å². The minimum atomic E-state index is -5.31. The number of aliphatic hydroxyl groups is 2. The third-order valence-electron chi connectivity index (χ3n) is 11.6. The van der Waals surface area contributed by atoms with Crippen molar-refractivity contribution in [1.29, 1.82) is 0 Å². The van der Waals surface area contributed by atoms with E-state index in [2.05, 4.69) is 0 Å². The van der Waals surface area contributed by atoms with Gasteiger partial charge in [-0.15, -0.1) is 0 Å². The Balaban J connectivity index is 1.10. The maximum atomic E-state index is 14.9. The Morgan fingerprint density at radius 2 is 0.739 bits per heavy atom. The van der Waals surface area contributed by atoms with Crippen molar-refractivity contribution in [2.24, 2.45) is 0 Å². The van der Waals surface area contributed by atoms with Crippen molar-refractivity contribution in [2.75, 3.05) is 13.2 Å². The predicted octanol–water partition coefficient (Wildman–Crippen LogP) is 8.07. The van der Waals surface area contributed by atoms with Crippen molar-refractivity contribution in [3.63, 3.8) is 0 Å². The van der Waals surface area contributed by atoms with Crippen LogP contribution in [0, 0.1) is 0 Å². The van der Waals surface area contributed by atoms with Crippen LogP contribution < -0.4 is 0 Å². The van der Waals surface area contributed by atoms with E-state index in [-0.39, 0.29) is 52.9 Å². The van der Waals surface area contributed by atoms with Crippen LogP contribution in [0.15, 0.2) is 182 Å². The minimum Gasteiger partial charge on any atom is -0.387 e. The first-order chi connectivity index (χ1) is 33.8. The molecule has 0 aromatic heterocycles. The number of rotatable bonds is 24. The largest absolute Gasteiger partial charge is 0.475 e. The predicted molar refractivity (Wildman–Crippen MR) is 254 cm³/mol. The summed E-state index contributed by atoms with van der Waals surface area (Å²) in [5.41, 5.74) is 4.94. The molecule has 11 atom stereocenters. The summed E-state index contributed by atoms with van der Waals surface area (Å²) in [6.45, 7) is 0.142. The molecule has 3 N–H and O–H groups in total. The van der Waals surface area contributed by atoms with Crippen LogP contribution in [-0.2, 0) is 91.1 Å². The fourth-order valence-electron chi connectivity index (χ4n) is 8.12. The van der Waals surface area contributed by atoms with Crippen molar-refractivity contribution in [2.45, 2.75) is 101 Å². The molecular formula is C54H59O14P. The highest BCUT2D eigenvalue weighted by Crippen LogP contribution is 2.51. The minimum absolute atomic E-state index is 0.00339. The standard InChI is InChI=1S/C54H59O14P/c55-47-45(37-59-31-39-19-7-1-8-20-39)66-54(52(64-36-44-29-17-6-18-30-44)49(47)61-33-41-23-11-3-12-24-41)68-69(57,58)67-48-46(38-60-32-40-21-9-2-10-22-40)65-53(56)51(63-35-43-27-15-5-16-28-43)50(48)62-34-42-25-13-4-14-26-42/h1-30,45-56H,31-38H2,(H,57,58)/t45-,46-,47-,48-,49+,50+,51-,52-,53?,54-/m1/s1. The first-order valence-corrected chi connectivity index (χ1v) is 24.5. The topological polar surface area (TPSA) is 170 Å². The Bertz CT molecular complexity index is 2410. The van der Waals surface area contributed by atoms with Crippen molar-refractivity contribution >= 4 is 7.82 Å². The summed E-state index contributed by atoms with van der Waals surface area (Å²) in [5.74, 6) is 0. The molecule has 2 aliphatic rings. The molecule has 6 aromatic rings. The van der Waals surface area contributed by atoms with Gasteiger partial charge in [-0.05, 0) is 33.4 Å². The van der Waals surface area contributed by atoms with Crippen molar-refractivity contribution in [3.05, 3.63) is 215 Å². The van der Waals surface area contributed by atoms with Crippen LogP contribution in [-0.4, -0.2) is 89.7 Å². The average molecular weight is 963 g/mol. The molecule has 6 aromatic carbocycles. The van der Waals surface area contributed by atoms with Gasteiger partial charge in [-0.3, -0.25) is 9.05 Å². The second-order valence-corrected chi connectivity index (χ2v) is 18.1. The Labute approximate surface area is 402 Å². The zero-order chi connectivity index (χ0) is 47.7.